The van der Waals surface area contributed by atoms with Gasteiger partial charge in [-0.1, -0.05) is 6.92 Å². The molecule has 1 aliphatic rings. The Balaban J connectivity index is 2.21. The van der Waals surface area contributed by atoms with Crippen molar-refractivity contribution in [2.24, 2.45) is 0 Å². The number of alkyl halides is 6. The van der Waals surface area contributed by atoms with Crippen molar-refractivity contribution < 1.29 is 26.3 Å². The first-order valence-electron chi connectivity index (χ1n) is 7.32. The summed E-state index contributed by atoms with van der Waals surface area (Å²) in [6.45, 7) is 5.78. The van der Waals surface area contributed by atoms with E-state index in [0.717, 1.165) is 31.8 Å². The van der Waals surface area contributed by atoms with Gasteiger partial charge in [0.1, 0.15) is 0 Å². The van der Waals surface area contributed by atoms with Gasteiger partial charge < -0.3 is 4.90 Å². The Labute approximate surface area is 130 Å². The molecule has 2 rings (SSSR count). The van der Waals surface area contributed by atoms with Crippen molar-refractivity contribution in [1.29, 1.82) is 0 Å². The Morgan fingerprint density at radius 1 is 0.783 bits per heavy atom. The monoisotopic (exact) mass is 340 g/mol. The van der Waals surface area contributed by atoms with Gasteiger partial charge in [0.05, 0.1) is 11.1 Å². The molecule has 23 heavy (non-hydrogen) atoms. The number of rotatable bonds is 3. The van der Waals surface area contributed by atoms with E-state index in [-0.39, 0.29) is 18.2 Å². The predicted molar refractivity (Wildman–Crippen MR) is 73.8 cm³/mol. The standard InChI is InChI=1S/C15H18F6N2/c1-2-22-3-5-23(6-4-22)10-11-7-12(14(16,17)18)9-13(8-11)15(19,20)21/h7-9H,2-6,10H2,1H3. The summed E-state index contributed by atoms with van der Waals surface area (Å²) in [5.41, 5.74) is -2.47. The molecule has 2 nitrogen and oxygen atoms in total. The lowest BCUT2D eigenvalue weighted by Gasteiger charge is -2.34. The molecule has 0 N–H and O–H groups in total. The first kappa shape index (κ1) is 18.1. The lowest BCUT2D eigenvalue weighted by atomic mass is 10.0. The highest BCUT2D eigenvalue weighted by Crippen LogP contribution is 2.36. The summed E-state index contributed by atoms with van der Waals surface area (Å²) < 4.78 is 76.9. The van der Waals surface area contributed by atoms with Crippen molar-refractivity contribution in [3.63, 3.8) is 0 Å². The highest BCUT2D eigenvalue weighted by Gasteiger charge is 2.37. The second kappa shape index (κ2) is 6.68. The highest BCUT2D eigenvalue weighted by molar-refractivity contribution is 5.33. The quantitative estimate of drug-likeness (QED) is 0.771. The molecular formula is C15H18F6N2. The van der Waals surface area contributed by atoms with Crippen LogP contribution in [-0.4, -0.2) is 42.5 Å². The van der Waals surface area contributed by atoms with Crippen LogP contribution >= 0.6 is 0 Å². The fourth-order valence-corrected chi connectivity index (χ4v) is 2.63. The molecule has 0 radical (unpaired) electrons. The molecule has 0 aromatic heterocycles. The van der Waals surface area contributed by atoms with Crippen LogP contribution in [0.3, 0.4) is 0 Å². The first-order valence-corrected chi connectivity index (χ1v) is 7.32. The molecule has 1 saturated heterocycles. The molecule has 1 fully saturated rings. The van der Waals surface area contributed by atoms with Gasteiger partial charge >= 0.3 is 12.4 Å². The summed E-state index contributed by atoms with van der Waals surface area (Å²) >= 11 is 0. The molecule has 8 heteroatoms. The van der Waals surface area contributed by atoms with Gasteiger partial charge in [0.2, 0.25) is 0 Å². The van der Waals surface area contributed by atoms with Crippen LogP contribution in [0.4, 0.5) is 26.3 Å². The molecule has 1 aliphatic heterocycles. The van der Waals surface area contributed by atoms with Gasteiger partial charge in [-0.2, -0.15) is 26.3 Å². The zero-order chi connectivity index (χ0) is 17.3. The fraction of sp³-hybridized carbons (Fsp3) is 0.600. The average Bonchev–Trinajstić information content (AvgIpc) is 2.46. The van der Waals surface area contributed by atoms with Crippen LogP contribution in [0.1, 0.15) is 23.6 Å². The van der Waals surface area contributed by atoms with Crippen molar-refractivity contribution in [1.82, 2.24) is 9.80 Å². The minimum absolute atomic E-state index is 0.0390. The number of hydrogen-bond donors (Lipinski definition) is 0. The normalized spacial score (nSPS) is 18.4. The first-order chi connectivity index (χ1) is 10.6. The van der Waals surface area contributed by atoms with Crippen molar-refractivity contribution in [2.75, 3.05) is 32.7 Å². The van der Waals surface area contributed by atoms with Gasteiger partial charge in [0.25, 0.3) is 0 Å². The molecule has 0 atom stereocenters. The zero-order valence-electron chi connectivity index (χ0n) is 12.6. The largest absolute Gasteiger partial charge is 0.416 e. The maximum Gasteiger partial charge on any atom is 0.416 e. The summed E-state index contributed by atoms with van der Waals surface area (Å²) in [6, 6.07) is 1.78. The molecule has 130 valence electrons. The SMILES string of the molecule is CCN1CCN(Cc2cc(C(F)(F)F)cc(C(F)(F)F)c2)CC1. The summed E-state index contributed by atoms with van der Waals surface area (Å²) in [7, 11) is 0. The number of halogens is 6. The molecule has 1 aromatic carbocycles. The average molecular weight is 340 g/mol. The van der Waals surface area contributed by atoms with Crippen LogP contribution < -0.4 is 0 Å². The van der Waals surface area contributed by atoms with E-state index >= 15 is 0 Å². The number of likely N-dealkylation sites (N-methyl/N-ethyl adjacent to an activating group) is 1. The fourth-order valence-electron chi connectivity index (χ4n) is 2.63. The van der Waals surface area contributed by atoms with Crippen LogP contribution in [-0.2, 0) is 18.9 Å². The molecule has 1 aromatic rings. The number of benzene rings is 1. The Hall–Kier alpha value is -1.28. The molecule has 0 unspecified atom stereocenters. The third-order valence-electron chi connectivity index (χ3n) is 3.97. The van der Waals surface area contributed by atoms with Crippen molar-refractivity contribution in [3.05, 3.63) is 34.9 Å². The maximum absolute atomic E-state index is 12.8. The second-order valence-electron chi connectivity index (χ2n) is 5.62. The molecule has 0 spiro atoms. The minimum atomic E-state index is -4.79. The summed E-state index contributed by atoms with van der Waals surface area (Å²) in [4.78, 5) is 4.06. The third kappa shape index (κ3) is 4.84. The van der Waals surface area contributed by atoms with E-state index in [2.05, 4.69) is 4.90 Å². The Morgan fingerprint density at radius 2 is 1.22 bits per heavy atom. The van der Waals surface area contributed by atoms with Crippen LogP contribution in [0.5, 0.6) is 0 Å². The molecule has 0 bridgehead atoms. The Bertz CT molecular complexity index is 497. The van der Waals surface area contributed by atoms with E-state index in [0.29, 0.717) is 13.1 Å². The second-order valence-corrected chi connectivity index (χ2v) is 5.62. The number of hydrogen-bond acceptors (Lipinski definition) is 2. The lowest BCUT2D eigenvalue weighted by molar-refractivity contribution is -0.143. The van der Waals surface area contributed by atoms with Crippen molar-refractivity contribution in [2.45, 2.75) is 25.8 Å². The van der Waals surface area contributed by atoms with Gasteiger partial charge in [-0.3, -0.25) is 4.90 Å². The summed E-state index contributed by atoms with van der Waals surface area (Å²) in [6.07, 6.45) is -9.59. The summed E-state index contributed by atoms with van der Waals surface area (Å²) in [5.74, 6) is 0. The van der Waals surface area contributed by atoms with Gasteiger partial charge in [-0.05, 0) is 30.3 Å². The third-order valence-corrected chi connectivity index (χ3v) is 3.97. The Morgan fingerprint density at radius 3 is 1.61 bits per heavy atom. The van der Waals surface area contributed by atoms with E-state index in [1.54, 1.807) is 0 Å². The van der Waals surface area contributed by atoms with Crippen LogP contribution in [0.15, 0.2) is 18.2 Å². The van der Waals surface area contributed by atoms with E-state index in [1.165, 1.54) is 0 Å². The topological polar surface area (TPSA) is 6.48 Å². The van der Waals surface area contributed by atoms with Crippen LogP contribution in [0.25, 0.3) is 0 Å². The van der Waals surface area contributed by atoms with Gasteiger partial charge in [-0.25, -0.2) is 0 Å². The van der Waals surface area contributed by atoms with Crippen molar-refractivity contribution >= 4 is 0 Å². The predicted octanol–water partition coefficient (Wildman–Crippen LogP) is 3.86. The van der Waals surface area contributed by atoms with E-state index < -0.39 is 23.5 Å². The van der Waals surface area contributed by atoms with Crippen LogP contribution in [0.2, 0.25) is 0 Å². The van der Waals surface area contributed by atoms with Gasteiger partial charge in [0.15, 0.2) is 0 Å². The smallest absolute Gasteiger partial charge is 0.301 e. The van der Waals surface area contributed by atoms with Crippen molar-refractivity contribution in [3.8, 4) is 0 Å². The van der Waals surface area contributed by atoms with E-state index in [9.17, 15) is 26.3 Å². The molecule has 0 aliphatic carbocycles. The van der Waals surface area contributed by atoms with E-state index in [1.807, 2.05) is 11.8 Å². The highest BCUT2D eigenvalue weighted by atomic mass is 19.4. The number of piperazine rings is 1. The van der Waals surface area contributed by atoms with Gasteiger partial charge in [0, 0.05) is 32.7 Å². The van der Waals surface area contributed by atoms with Gasteiger partial charge in [-0.15, -0.1) is 0 Å². The van der Waals surface area contributed by atoms with Crippen LogP contribution in [0, 0.1) is 0 Å². The molecule has 1 heterocycles. The molecule has 0 amide bonds. The molecular weight excluding hydrogens is 322 g/mol. The molecule has 0 saturated carbocycles. The lowest BCUT2D eigenvalue weighted by Crippen LogP contribution is -2.45. The zero-order valence-corrected chi connectivity index (χ0v) is 12.6. The Kier molecular flexibility index (Phi) is 5.25. The minimum Gasteiger partial charge on any atom is -0.301 e. The maximum atomic E-state index is 12.8. The number of nitrogens with zero attached hydrogens (tertiary/aromatic N) is 2. The van der Waals surface area contributed by atoms with E-state index in [4.69, 9.17) is 0 Å². The summed E-state index contributed by atoms with van der Waals surface area (Å²) in [5, 5.41) is 0.